The van der Waals surface area contributed by atoms with E-state index in [2.05, 4.69) is 21.0 Å². The Morgan fingerprint density at radius 3 is 2.55 bits per heavy atom. The molecule has 3 nitrogen and oxygen atoms in total. The number of hydrogen-bond donors (Lipinski definition) is 1. The van der Waals surface area contributed by atoms with E-state index in [0.717, 1.165) is 24.1 Å². The molecule has 0 aromatic rings. The van der Waals surface area contributed by atoms with Crippen molar-refractivity contribution in [2.24, 2.45) is 5.73 Å². The van der Waals surface area contributed by atoms with Crippen molar-refractivity contribution in [3.05, 3.63) is 0 Å². The van der Waals surface area contributed by atoms with Gasteiger partial charge in [0.1, 0.15) is 18.8 Å². The summed E-state index contributed by atoms with van der Waals surface area (Å²) >= 11 is 0. The molecule has 11 heavy (non-hydrogen) atoms. The van der Waals surface area contributed by atoms with Crippen LogP contribution in [-0.4, -0.2) is 44.0 Å². The number of epoxide rings is 1. The van der Waals surface area contributed by atoms with E-state index in [1.54, 1.807) is 0 Å². The fraction of sp³-hybridized carbons (Fsp3) is 1.00. The number of likely N-dealkylation sites (N-methyl/N-ethyl adjacent to an activating group) is 1. The van der Waals surface area contributed by atoms with Crippen molar-refractivity contribution in [2.45, 2.75) is 25.6 Å². The highest BCUT2D eigenvalue weighted by Gasteiger charge is 2.34. The Labute approximate surface area is 68.7 Å². The summed E-state index contributed by atoms with van der Waals surface area (Å²) in [5.74, 6) is 0. The quantitative estimate of drug-likeness (QED) is 0.360. The fourth-order valence-corrected chi connectivity index (χ4v) is 1.33. The van der Waals surface area contributed by atoms with Crippen molar-refractivity contribution < 1.29 is 9.22 Å². The van der Waals surface area contributed by atoms with Gasteiger partial charge < -0.3 is 9.22 Å². The standard InChI is InChI=1S/C8H19N2O/c1-4-8(9)10(2,3)5-7-6-11-7/h7-8H,4-6,9H2,1-3H3/q+1. The Balaban J connectivity index is 2.35. The van der Waals surface area contributed by atoms with Crippen LogP contribution in [0, 0.1) is 0 Å². The Morgan fingerprint density at radius 1 is 1.64 bits per heavy atom. The summed E-state index contributed by atoms with van der Waals surface area (Å²) in [5.41, 5.74) is 5.94. The van der Waals surface area contributed by atoms with Gasteiger partial charge in [-0.2, -0.15) is 0 Å². The number of hydrogen-bond acceptors (Lipinski definition) is 2. The van der Waals surface area contributed by atoms with Gasteiger partial charge in [-0.1, -0.05) is 6.92 Å². The van der Waals surface area contributed by atoms with E-state index in [1.165, 1.54) is 0 Å². The van der Waals surface area contributed by atoms with E-state index < -0.39 is 0 Å². The minimum Gasteiger partial charge on any atom is -0.367 e. The summed E-state index contributed by atoms with van der Waals surface area (Å²) < 4.78 is 6.04. The van der Waals surface area contributed by atoms with E-state index in [1.807, 2.05) is 0 Å². The molecule has 1 aliphatic heterocycles. The van der Waals surface area contributed by atoms with Crippen molar-refractivity contribution in [2.75, 3.05) is 27.2 Å². The average Bonchev–Trinajstić information content (AvgIpc) is 2.69. The van der Waals surface area contributed by atoms with Gasteiger partial charge in [0.25, 0.3) is 0 Å². The fourth-order valence-electron chi connectivity index (χ4n) is 1.33. The van der Waals surface area contributed by atoms with Gasteiger partial charge in [0.05, 0.1) is 20.7 Å². The summed E-state index contributed by atoms with van der Waals surface area (Å²) in [6.07, 6.45) is 1.75. The molecule has 2 N–H and O–H groups in total. The second-order valence-electron chi connectivity index (χ2n) is 3.89. The Hall–Kier alpha value is -0.120. The van der Waals surface area contributed by atoms with Crippen LogP contribution >= 0.6 is 0 Å². The minimum atomic E-state index is 0.249. The minimum absolute atomic E-state index is 0.249. The van der Waals surface area contributed by atoms with Crippen molar-refractivity contribution in [1.82, 2.24) is 0 Å². The van der Waals surface area contributed by atoms with Gasteiger partial charge in [0.2, 0.25) is 0 Å². The van der Waals surface area contributed by atoms with Gasteiger partial charge in [-0.05, 0) is 0 Å². The molecule has 2 atom stereocenters. The van der Waals surface area contributed by atoms with E-state index >= 15 is 0 Å². The Bertz CT molecular complexity index is 132. The first-order chi connectivity index (χ1) is 5.06. The van der Waals surface area contributed by atoms with Gasteiger partial charge in [0, 0.05) is 6.42 Å². The normalized spacial score (nSPS) is 26.7. The molecule has 1 fully saturated rings. The molecule has 2 unspecified atom stereocenters. The molecule has 66 valence electrons. The van der Waals surface area contributed by atoms with Gasteiger partial charge >= 0.3 is 0 Å². The number of nitrogens with two attached hydrogens (primary N) is 1. The zero-order valence-corrected chi connectivity index (χ0v) is 7.71. The SMILES string of the molecule is CCC(N)[N+](C)(C)CC1CO1. The number of nitrogens with zero attached hydrogens (tertiary/aromatic N) is 1. The van der Waals surface area contributed by atoms with E-state index in [-0.39, 0.29) is 6.17 Å². The largest absolute Gasteiger partial charge is 0.367 e. The maximum Gasteiger partial charge on any atom is 0.139 e. The first-order valence-corrected chi connectivity index (χ1v) is 4.26. The van der Waals surface area contributed by atoms with E-state index in [4.69, 9.17) is 10.5 Å². The first kappa shape index (κ1) is 8.97. The zero-order valence-electron chi connectivity index (χ0n) is 7.71. The highest BCUT2D eigenvalue weighted by atomic mass is 16.6. The predicted octanol–water partition coefficient (Wildman–Crippen LogP) is 0.156. The maximum atomic E-state index is 5.94. The summed E-state index contributed by atoms with van der Waals surface area (Å²) in [6, 6.07) is 0. The van der Waals surface area contributed by atoms with Crippen LogP contribution in [0.5, 0.6) is 0 Å². The van der Waals surface area contributed by atoms with Gasteiger partial charge in [-0.3, -0.25) is 5.73 Å². The van der Waals surface area contributed by atoms with Gasteiger partial charge in [0.15, 0.2) is 0 Å². The number of quaternary nitrogens is 1. The van der Waals surface area contributed by atoms with Crippen molar-refractivity contribution >= 4 is 0 Å². The molecular weight excluding hydrogens is 140 g/mol. The lowest BCUT2D eigenvalue weighted by Crippen LogP contribution is -2.55. The molecule has 3 heteroatoms. The number of ether oxygens (including phenoxy) is 1. The lowest BCUT2D eigenvalue weighted by atomic mass is 10.2. The predicted molar refractivity (Wildman–Crippen MR) is 45.0 cm³/mol. The molecule has 1 rings (SSSR count). The van der Waals surface area contributed by atoms with Crippen LogP contribution in [-0.2, 0) is 4.74 Å². The lowest BCUT2D eigenvalue weighted by molar-refractivity contribution is -0.915. The van der Waals surface area contributed by atoms with Crippen molar-refractivity contribution in [3.8, 4) is 0 Å². The highest BCUT2D eigenvalue weighted by molar-refractivity contribution is 4.68. The third-order valence-electron chi connectivity index (χ3n) is 2.39. The third-order valence-corrected chi connectivity index (χ3v) is 2.39. The molecule has 0 saturated carbocycles. The lowest BCUT2D eigenvalue weighted by Gasteiger charge is -2.34. The van der Waals surface area contributed by atoms with Crippen LogP contribution in [0.1, 0.15) is 13.3 Å². The second kappa shape index (κ2) is 3.09. The molecule has 1 saturated heterocycles. The van der Waals surface area contributed by atoms with Crippen molar-refractivity contribution in [3.63, 3.8) is 0 Å². The molecule has 0 aromatic carbocycles. The molecule has 1 aliphatic rings. The number of rotatable bonds is 4. The Morgan fingerprint density at radius 2 is 2.18 bits per heavy atom. The van der Waals surface area contributed by atoms with Gasteiger partial charge in [-0.25, -0.2) is 0 Å². The molecule has 0 aliphatic carbocycles. The zero-order chi connectivity index (χ0) is 8.48. The Kier molecular flexibility index (Phi) is 2.52. The van der Waals surface area contributed by atoms with Crippen LogP contribution in [0.25, 0.3) is 0 Å². The first-order valence-electron chi connectivity index (χ1n) is 4.26. The average molecular weight is 159 g/mol. The molecule has 0 amide bonds. The summed E-state index contributed by atoms with van der Waals surface area (Å²) in [6.45, 7) is 4.10. The molecular formula is C8H19N2O+. The second-order valence-corrected chi connectivity index (χ2v) is 3.89. The van der Waals surface area contributed by atoms with E-state index in [9.17, 15) is 0 Å². The summed E-state index contributed by atoms with van der Waals surface area (Å²) in [5, 5.41) is 0. The molecule has 1 heterocycles. The third kappa shape index (κ3) is 2.43. The van der Waals surface area contributed by atoms with Crippen molar-refractivity contribution in [1.29, 1.82) is 0 Å². The molecule has 0 spiro atoms. The summed E-state index contributed by atoms with van der Waals surface area (Å²) in [7, 11) is 4.33. The molecule has 0 bridgehead atoms. The van der Waals surface area contributed by atoms with Gasteiger partial charge in [-0.15, -0.1) is 0 Å². The highest BCUT2D eigenvalue weighted by Crippen LogP contribution is 2.16. The van der Waals surface area contributed by atoms with Crippen LogP contribution in [0.3, 0.4) is 0 Å². The van der Waals surface area contributed by atoms with Crippen LogP contribution in [0.4, 0.5) is 0 Å². The van der Waals surface area contributed by atoms with Crippen LogP contribution < -0.4 is 5.73 Å². The molecule has 0 aromatic heterocycles. The molecule has 0 radical (unpaired) electrons. The smallest absolute Gasteiger partial charge is 0.139 e. The monoisotopic (exact) mass is 159 g/mol. The summed E-state index contributed by atoms with van der Waals surface area (Å²) in [4.78, 5) is 0. The van der Waals surface area contributed by atoms with Crippen LogP contribution in [0.2, 0.25) is 0 Å². The van der Waals surface area contributed by atoms with Crippen LogP contribution in [0.15, 0.2) is 0 Å². The topological polar surface area (TPSA) is 38.5 Å². The maximum absolute atomic E-state index is 5.94. The van der Waals surface area contributed by atoms with E-state index in [0.29, 0.717) is 6.10 Å².